The van der Waals surface area contributed by atoms with Crippen molar-refractivity contribution in [2.45, 2.75) is 65.0 Å². The molecule has 1 unspecified atom stereocenters. The lowest BCUT2D eigenvalue weighted by atomic mass is 9.98. The van der Waals surface area contributed by atoms with E-state index in [1.165, 1.54) is 64.7 Å². The van der Waals surface area contributed by atoms with Gasteiger partial charge in [0.1, 0.15) is 0 Å². The van der Waals surface area contributed by atoms with E-state index in [0.29, 0.717) is 6.04 Å². The Morgan fingerprint density at radius 3 is 2.65 bits per heavy atom. The first-order valence-electron chi connectivity index (χ1n) is 9.29. The molecule has 0 amide bonds. The molecule has 2 fully saturated rings. The molecule has 3 rings (SSSR count). The van der Waals surface area contributed by atoms with Crippen molar-refractivity contribution in [1.82, 2.24) is 14.8 Å². The Bertz CT molecular complexity index is 574. The van der Waals surface area contributed by atoms with Gasteiger partial charge >= 0.3 is 0 Å². The van der Waals surface area contributed by atoms with Gasteiger partial charge in [-0.2, -0.15) is 0 Å². The Morgan fingerprint density at radius 1 is 1.13 bits per heavy atom. The predicted molar refractivity (Wildman–Crippen MR) is 94.9 cm³/mol. The maximum atomic E-state index is 12.2. The molecule has 4 heteroatoms. The van der Waals surface area contributed by atoms with Crippen LogP contribution in [0.5, 0.6) is 0 Å². The van der Waals surface area contributed by atoms with Crippen molar-refractivity contribution in [2.24, 2.45) is 0 Å². The second-order valence-electron chi connectivity index (χ2n) is 7.36. The lowest BCUT2D eigenvalue weighted by Crippen LogP contribution is -2.41. The molecule has 3 heterocycles. The molecular formula is C19H31N3O. The monoisotopic (exact) mass is 317 g/mol. The van der Waals surface area contributed by atoms with Gasteiger partial charge in [0.25, 0.3) is 0 Å². The number of rotatable bonds is 5. The number of hydrogen-bond acceptors (Lipinski definition) is 3. The van der Waals surface area contributed by atoms with E-state index in [4.69, 9.17) is 0 Å². The molecule has 0 saturated carbocycles. The van der Waals surface area contributed by atoms with E-state index in [1.807, 2.05) is 20.0 Å². The molecule has 2 aliphatic heterocycles. The Labute approximate surface area is 139 Å². The summed E-state index contributed by atoms with van der Waals surface area (Å²) in [6.45, 7) is 9.73. The van der Waals surface area contributed by atoms with E-state index < -0.39 is 0 Å². The van der Waals surface area contributed by atoms with Gasteiger partial charge in [-0.25, -0.2) is 0 Å². The summed E-state index contributed by atoms with van der Waals surface area (Å²) in [5, 5.41) is 0. The van der Waals surface area contributed by atoms with Crippen molar-refractivity contribution < 1.29 is 0 Å². The van der Waals surface area contributed by atoms with Crippen LogP contribution in [0.3, 0.4) is 0 Å². The molecule has 23 heavy (non-hydrogen) atoms. The summed E-state index contributed by atoms with van der Waals surface area (Å²) in [5.74, 6) is 0. The zero-order valence-electron chi connectivity index (χ0n) is 14.7. The number of pyridine rings is 1. The number of aromatic nitrogens is 1. The fourth-order valence-electron chi connectivity index (χ4n) is 4.10. The molecule has 1 aromatic rings. The van der Waals surface area contributed by atoms with E-state index in [0.717, 1.165) is 23.4 Å². The van der Waals surface area contributed by atoms with Crippen LogP contribution in [-0.4, -0.2) is 47.0 Å². The number of piperidine rings is 1. The van der Waals surface area contributed by atoms with E-state index in [2.05, 4.69) is 14.8 Å². The van der Waals surface area contributed by atoms with Crippen LogP contribution in [0, 0.1) is 13.8 Å². The fraction of sp³-hybridized carbons (Fsp3) is 0.737. The van der Waals surface area contributed by atoms with Gasteiger partial charge in [0.05, 0.1) is 0 Å². The summed E-state index contributed by atoms with van der Waals surface area (Å²) in [7, 11) is 0. The Hall–Kier alpha value is -1.13. The molecule has 128 valence electrons. The minimum Gasteiger partial charge on any atom is -0.363 e. The molecule has 0 aliphatic carbocycles. The highest BCUT2D eigenvalue weighted by Gasteiger charge is 2.24. The molecule has 2 saturated heterocycles. The zero-order valence-corrected chi connectivity index (χ0v) is 14.7. The fourth-order valence-corrected chi connectivity index (χ4v) is 4.10. The third-order valence-electron chi connectivity index (χ3n) is 5.70. The van der Waals surface area contributed by atoms with Gasteiger partial charge in [-0.05, 0) is 72.1 Å². The molecule has 1 atom stereocenters. The number of aromatic amines is 1. The quantitative estimate of drug-likeness (QED) is 0.908. The first-order chi connectivity index (χ1) is 11.1. The minimum atomic E-state index is 0.198. The van der Waals surface area contributed by atoms with Gasteiger partial charge in [-0.3, -0.25) is 9.69 Å². The number of H-pyrrole nitrogens is 1. The highest BCUT2D eigenvalue weighted by Crippen LogP contribution is 2.23. The van der Waals surface area contributed by atoms with Crippen LogP contribution in [-0.2, 0) is 6.54 Å². The molecule has 0 bridgehead atoms. The SMILES string of the molecule is Cc1c[nH]c(CN2CCCCC2CCN2CCCC2)c(C)c1=O. The Kier molecular flexibility index (Phi) is 5.54. The summed E-state index contributed by atoms with van der Waals surface area (Å²) < 4.78 is 0. The smallest absolute Gasteiger partial charge is 0.187 e. The summed E-state index contributed by atoms with van der Waals surface area (Å²) in [6.07, 6.45) is 9.84. The Morgan fingerprint density at radius 2 is 1.87 bits per heavy atom. The van der Waals surface area contributed by atoms with Gasteiger partial charge in [-0.1, -0.05) is 6.42 Å². The van der Waals surface area contributed by atoms with E-state index >= 15 is 0 Å². The van der Waals surface area contributed by atoms with Gasteiger partial charge < -0.3 is 9.88 Å². The second kappa shape index (κ2) is 7.63. The van der Waals surface area contributed by atoms with Gasteiger partial charge in [0.15, 0.2) is 5.43 Å². The summed E-state index contributed by atoms with van der Waals surface area (Å²) in [5.41, 5.74) is 3.02. The van der Waals surface area contributed by atoms with Gasteiger partial charge in [0, 0.05) is 35.6 Å². The van der Waals surface area contributed by atoms with Crippen LogP contribution in [0.25, 0.3) is 0 Å². The maximum absolute atomic E-state index is 12.2. The third kappa shape index (κ3) is 4.04. The minimum absolute atomic E-state index is 0.198. The number of hydrogen-bond donors (Lipinski definition) is 1. The van der Waals surface area contributed by atoms with Gasteiger partial charge in [0.2, 0.25) is 0 Å². The number of nitrogens with zero attached hydrogens (tertiary/aromatic N) is 2. The van der Waals surface area contributed by atoms with Crippen molar-refractivity contribution in [3.63, 3.8) is 0 Å². The molecule has 0 radical (unpaired) electrons. The highest BCUT2D eigenvalue weighted by atomic mass is 16.1. The normalized spacial score (nSPS) is 23.5. The molecule has 2 aliphatic rings. The molecular weight excluding hydrogens is 286 g/mol. The first kappa shape index (κ1) is 16.7. The van der Waals surface area contributed by atoms with Gasteiger partial charge in [-0.15, -0.1) is 0 Å². The Balaban J connectivity index is 1.64. The van der Waals surface area contributed by atoms with Crippen molar-refractivity contribution in [3.05, 3.63) is 33.2 Å². The van der Waals surface area contributed by atoms with Crippen LogP contribution in [0.2, 0.25) is 0 Å². The largest absolute Gasteiger partial charge is 0.363 e. The summed E-state index contributed by atoms with van der Waals surface area (Å²) in [4.78, 5) is 20.7. The van der Waals surface area contributed by atoms with Crippen molar-refractivity contribution >= 4 is 0 Å². The first-order valence-corrected chi connectivity index (χ1v) is 9.29. The average molecular weight is 317 g/mol. The summed E-state index contributed by atoms with van der Waals surface area (Å²) in [6, 6.07) is 0.675. The van der Waals surface area contributed by atoms with Crippen molar-refractivity contribution in [3.8, 4) is 0 Å². The molecule has 0 spiro atoms. The third-order valence-corrected chi connectivity index (χ3v) is 5.70. The maximum Gasteiger partial charge on any atom is 0.187 e. The number of aryl methyl sites for hydroxylation is 1. The van der Waals surface area contributed by atoms with E-state index in [1.54, 1.807) is 0 Å². The van der Waals surface area contributed by atoms with E-state index in [-0.39, 0.29) is 5.43 Å². The molecule has 0 aromatic carbocycles. The van der Waals surface area contributed by atoms with Crippen LogP contribution in [0.15, 0.2) is 11.0 Å². The van der Waals surface area contributed by atoms with Crippen molar-refractivity contribution in [2.75, 3.05) is 26.2 Å². The summed E-state index contributed by atoms with van der Waals surface area (Å²) >= 11 is 0. The topological polar surface area (TPSA) is 39.3 Å². The van der Waals surface area contributed by atoms with Crippen LogP contribution >= 0.6 is 0 Å². The van der Waals surface area contributed by atoms with Crippen LogP contribution < -0.4 is 5.43 Å². The predicted octanol–water partition coefficient (Wildman–Crippen LogP) is 2.83. The van der Waals surface area contributed by atoms with Crippen molar-refractivity contribution in [1.29, 1.82) is 0 Å². The second-order valence-corrected chi connectivity index (χ2v) is 7.36. The van der Waals surface area contributed by atoms with Crippen LogP contribution in [0.1, 0.15) is 55.3 Å². The lowest BCUT2D eigenvalue weighted by Gasteiger charge is -2.36. The number of nitrogens with one attached hydrogen (secondary N) is 1. The molecule has 1 aromatic heterocycles. The average Bonchev–Trinajstić information content (AvgIpc) is 3.08. The van der Waals surface area contributed by atoms with Crippen LogP contribution in [0.4, 0.5) is 0 Å². The zero-order chi connectivity index (χ0) is 16.2. The number of likely N-dealkylation sites (tertiary alicyclic amines) is 2. The highest BCUT2D eigenvalue weighted by molar-refractivity contribution is 5.23. The molecule has 1 N–H and O–H groups in total. The lowest BCUT2D eigenvalue weighted by molar-refractivity contribution is 0.120. The standard InChI is InChI=1S/C19H31N3O/c1-15-13-20-18(16(2)19(15)23)14-22-11-4-3-7-17(22)8-12-21-9-5-6-10-21/h13,17H,3-12,14H2,1-2H3,(H,20,23). The molecule has 4 nitrogen and oxygen atoms in total. The van der Waals surface area contributed by atoms with E-state index in [9.17, 15) is 4.79 Å².